The number of primary amides is 1. The van der Waals surface area contributed by atoms with Crippen LogP contribution >= 0.6 is 0 Å². The fourth-order valence-electron chi connectivity index (χ4n) is 0.559. The van der Waals surface area contributed by atoms with Gasteiger partial charge >= 0.3 is 6.09 Å². The standard InChI is InChI=1S/C8H14N2O.CH3NO2/c1-4-5-10-8(11)7(9)6(2)3;2-1(3)4/h1,6-7H,5,9H2,2-3H3,(H,10,11);2H2,(H,3,4). The number of nitrogens with two attached hydrogens (primary N) is 2. The Morgan fingerprint density at radius 1 is 1.53 bits per heavy atom. The summed E-state index contributed by atoms with van der Waals surface area (Å²) in [5.74, 6) is 2.27. The monoisotopic (exact) mass is 215 g/mol. The van der Waals surface area contributed by atoms with Gasteiger partial charge in [-0.25, -0.2) is 4.79 Å². The van der Waals surface area contributed by atoms with Crippen molar-refractivity contribution in [3.8, 4) is 12.3 Å². The Morgan fingerprint density at radius 2 is 1.93 bits per heavy atom. The van der Waals surface area contributed by atoms with Crippen LogP contribution in [0.5, 0.6) is 0 Å². The third-order valence-corrected chi connectivity index (χ3v) is 1.39. The largest absolute Gasteiger partial charge is 0.465 e. The van der Waals surface area contributed by atoms with Crippen LogP contribution in [0.15, 0.2) is 0 Å². The van der Waals surface area contributed by atoms with Gasteiger partial charge in [0.15, 0.2) is 0 Å². The molecule has 0 aromatic rings. The normalized spacial score (nSPS) is 10.6. The van der Waals surface area contributed by atoms with Gasteiger partial charge in [-0.3, -0.25) is 4.79 Å². The van der Waals surface area contributed by atoms with Crippen molar-refractivity contribution in [3.63, 3.8) is 0 Å². The molecular weight excluding hydrogens is 198 g/mol. The number of nitrogens with one attached hydrogen (secondary N) is 1. The van der Waals surface area contributed by atoms with Crippen molar-refractivity contribution in [3.05, 3.63) is 0 Å². The predicted octanol–water partition coefficient (Wildman–Crippen LogP) is -0.658. The van der Waals surface area contributed by atoms with Gasteiger partial charge in [-0.15, -0.1) is 6.42 Å². The first-order valence-corrected chi connectivity index (χ1v) is 4.28. The highest BCUT2D eigenvalue weighted by Gasteiger charge is 2.15. The first-order chi connectivity index (χ1) is 6.82. The maximum atomic E-state index is 11.0. The van der Waals surface area contributed by atoms with Crippen LogP contribution in [0, 0.1) is 18.3 Å². The Bertz CT molecular complexity index is 241. The molecule has 0 heterocycles. The van der Waals surface area contributed by atoms with E-state index in [1.807, 2.05) is 13.8 Å². The molecule has 15 heavy (non-hydrogen) atoms. The van der Waals surface area contributed by atoms with E-state index in [0.717, 1.165) is 0 Å². The molecule has 0 aliphatic heterocycles. The lowest BCUT2D eigenvalue weighted by Gasteiger charge is -2.13. The minimum Gasteiger partial charge on any atom is -0.465 e. The molecule has 1 unspecified atom stereocenters. The molecule has 0 spiro atoms. The van der Waals surface area contributed by atoms with Crippen LogP contribution in [0.4, 0.5) is 4.79 Å². The smallest absolute Gasteiger partial charge is 0.402 e. The van der Waals surface area contributed by atoms with Crippen LogP contribution in [-0.2, 0) is 4.79 Å². The maximum Gasteiger partial charge on any atom is 0.402 e. The molecule has 0 bridgehead atoms. The molecule has 0 saturated heterocycles. The van der Waals surface area contributed by atoms with E-state index in [-0.39, 0.29) is 18.4 Å². The highest BCUT2D eigenvalue weighted by atomic mass is 16.4. The number of amides is 2. The molecule has 0 saturated carbocycles. The van der Waals surface area contributed by atoms with Gasteiger partial charge in [-0.1, -0.05) is 19.8 Å². The summed E-state index contributed by atoms with van der Waals surface area (Å²) in [6, 6.07) is -0.455. The second-order valence-corrected chi connectivity index (χ2v) is 3.03. The summed E-state index contributed by atoms with van der Waals surface area (Å²) in [5, 5.41) is 9.71. The van der Waals surface area contributed by atoms with Gasteiger partial charge in [0, 0.05) is 0 Å². The molecule has 6 N–H and O–H groups in total. The summed E-state index contributed by atoms with van der Waals surface area (Å²) < 4.78 is 0. The van der Waals surface area contributed by atoms with Crippen LogP contribution in [-0.4, -0.2) is 29.7 Å². The Morgan fingerprint density at radius 3 is 2.20 bits per heavy atom. The number of hydrogen-bond acceptors (Lipinski definition) is 3. The van der Waals surface area contributed by atoms with Crippen LogP contribution in [0.25, 0.3) is 0 Å². The van der Waals surface area contributed by atoms with Crippen molar-refractivity contribution in [1.82, 2.24) is 5.32 Å². The fraction of sp³-hybridized carbons (Fsp3) is 0.556. The number of carbonyl (C=O) groups is 2. The predicted molar refractivity (Wildman–Crippen MR) is 56.9 cm³/mol. The molecule has 0 aromatic heterocycles. The Balaban J connectivity index is 0. The molecule has 0 radical (unpaired) electrons. The number of carboxylic acid groups (broad SMARTS) is 1. The Labute approximate surface area is 89.0 Å². The zero-order chi connectivity index (χ0) is 12.4. The van der Waals surface area contributed by atoms with E-state index in [1.54, 1.807) is 0 Å². The summed E-state index contributed by atoms with van der Waals surface area (Å²) in [7, 11) is 0. The molecule has 0 aromatic carbocycles. The fourth-order valence-corrected chi connectivity index (χ4v) is 0.559. The van der Waals surface area contributed by atoms with E-state index < -0.39 is 12.1 Å². The number of rotatable bonds is 3. The lowest BCUT2D eigenvalue weighted by Crippen LogP contribution is -2.43. The summed E-state index contributed by atoms with van der Waals surface area (Å²) in [5.41, 5.74) is 9.55. The second-order valence-electron chi connectivity index (χ2n) is 3.03. The molecule has 0 aliphatic rings. The van der Waals surface area contributed by atoms with Crippen LogP contribution < -0.4 is 16.8 Å². The van der Waals surface area contributed by atoms with Gasteiger partial charge in [0.2, 0.25) is 5.91 Å². The molecule has 1 atom stereocenters. The quantitative estimate of drug-likeness (QED) is 0.467. The third-order valence-electron chi connectivity index (χ3n) is 1.39. The Kier molecular flexibility index (Phi) is 9.26. The second kappa shape index (κ2) is 8.84. The molecule has 0 aliphatic carbocycles. The van der Waals surface area contributed by atoms with E-state index in [9.17, 15) is 4.79 Å². The topological polar surface area (TPSA) is 118 Å². The first-order valence-electron chi connectivity index (χ1n) is 4.28. The summed E-state index contributed by atoms with van der Waals surface area (Å²) >= 11 is 0. The molecule has 2 amide bonds. The van der Waals surface area contributed by atoms with E-state index in [4.69, 9.17) is 22.1 Å². The summed E-state index contributed by atoms with van der Waals surface area (Å²) in [6.07, 6.45) is 3.61. The molecule has 0 fully saturated rings. The minimum atomic E-state index is -1.33. The summed E-state index contributed by atoms with van der Waals surface area (Å²) in [4.78, 5) is 19.8. The van der Waals surface area contributed by atoms with E-state index in [1.165, 1.54) is 0 Å². The number of hydrogen-bond donors (Lipinski definition) is 4. The van der Waals surface area contributed by atoms with Gasteiger partial charge in [0.05, 0.1) is 12.6 Å². The zero-order valence-electron chi connectivity index (χ0n) is 8.86. The maximum absolute atomic E-state index is 11.0. The average Bonchev–Trinajstić information content (AvgIpc) is 2.11. The van der Waals surface area contributed by atoms with E-state index >= 15 is 0 Å². The minimum absolute atomic E-state index is 0.146. The van der Waals surface area contributed by atoms with Crippen molar-refractivity contribution in [2.24, 2.45) is 17.4 Å². The number of terminal acetylenes is 1. The molecular formula is C9H17N3O3. The van der Waals surface area contributed by atoms with Gasteiger partial charge in [-0.05, 0) is 5.92 Å². The van der Waals surface area contributed by atoms with E-state index in [2.05, 4.69) is 17.0 Å². The van der Waals surface area contributed by atoms with Crippen LogP contribution in [0.2, 0.25) is 0 Å². The highest BCUT2D eigenvalue weighted by Crippen LogP contribution is 1.96. The van der Waals surface area contributed by atoms with Crippen LogP contribution in [0.1, 0.15) is 13.8 Å². The lowest BCUT2D eigenvalue weighted by atomic mass is 10.1. The average molecular weight is 215 g/mol. The van der Waals surface area contributed by atoms with Crippen molar-refractivity contribution < 1.29 is 14.7 Å². The highest BCUT2D eigenvalue weighted by molar-refractivity contribution is 5.81. The van der Waals surface area contributed by atoms with Crippen molar-refractivity contribution in [2.75, 3.05) is 6.54 Å². The summed E-state index contributed by atoms with van der Waals surface area (Å²) in [6.45, 7) is 4.03. The van der Waals surface area contributed by atoms with Gasteiger partial charge in [0.25, 0.3) is 0 Å². The van der Waals surface area contributed by atoms with Gasteiger partial charge < -0.3 is 21.9 Å². The van der Waals surface area contributed by atoms with Crippen molar-refractivity contribution in [2.45, 2.75) is 19.9 Å². The van der Waals surface area contributed by atoms with Gasteiger partial charge in [-0.2, -0.15) is 0 Å². The molecule has 86 valence electrons. The molecule has 6 nitrogen and oxygen atoms in total. The van der Waals surface area contributed by atoms with Crippen LogP contribution in [0.3, 0.4) is 0 Å². The zero-order valence-corrected chi connectivity index (χ0v) is 8.86. The molecule has 0 rings (SSSR count). The van der Waals surface area contributed by atoms with Crippen molar-refractivity contribution in [1.29, 1.82) is 0 Å². The molecule has 6 heteroatoms. The third kappa shape index (κ3) is 12.3. The lowest BCUT2D eigenvalue weighted by molar-refractivity contribution is -0.122. The number of carbonyl (C=O) groups excluding carboxylic acids is 1. The van der Waals surface area contributed by atoms with E-state index in [0.29, 0.717) is 0 Å². The SMILES string of the molecule is C#CCNC(=O)C(N)C(C)C.NC(=O)O. The van der Waals surface area contributed by atoms with Crippen molar-refractivity contribution >= 4 is 12.0 Å². The Hall–Kier alpha value is -1.74. The van der Waals surface area contributed by atoms with Gasteiger partial charge in [0.1, 0.15) is 0 Å². The first kappa shape index (κ1) is 15.7.